The summed E-state index contributed by atoms with van der Waals surface area (Å²) in [4.78, 5) is 4.62. The normalized spacial score (nSPS) is 11.4. The second-order valence-corrected chi connectivity index (χ2v) is 7.14. The van der Waals surface area contributed by atoms with Gasteiger partial charge in [0.25, 0.3) is 0 Å². The van der Waals surface area contributed by atoms with E-state index in [1.807, 2.05) is 36.4 Å². The van der Waals surface area contributed by atoms with E-state index in [9.17, 15) is 0 Å². The number of aromatic amines is 2. The highest BCUT2D eigenvalue weighted by atomic mass is 16.5. The number of hydrogen-bond acceptors (Lipinski definition) is 5. The Morgan fingerprint density at radius 1 is 1.04 bits per heavy atom. The quantitative estimate of drug-likeness (QED) is 0.457. The molecular weight excluding hydrogens is 354 g/mol. The van der Waals surface area contributed by atoms with Crippen LogP contribution in [0, 0.1) is 5.92 Å². The largest absolute Gasteiger partial charge is 0.491 e. The van der Waals surface area contributed by atoms with Gasteiger partial charge in [-0.2, -0.15) is 10.2 Å². The summed E-state index contributed by atoms with van der Waals surface area (Å²) in [6.45, 7) is 4.56. The number of aromatic nitrogens is 5. The van der Waals surface area contributed by atoms with Gasteiger partial charge in [-0.1, -0.05) is 26.0 Å². The van der Waals surface area contributed by atoms with E-state index in [-0.39, 0.29) is 13.2 Å². The summed E-state index contributed by atoms with van der Waals surface area (Å²) in [6.07, 6.45) is 0.868. The van der Waals surface area contributed by atoms with Gasteiger partial charge in [-0.15, -0.1) is 0 Å². The zero-order valence-corrected chi connectivity index (χ0v) is 15.9. The van der Waals surface area contributed by atoms with Crippen molar-refractivity contribution in [3.05, 3.63) is 48.3 Å². The number of fused-ring (bicyclic) bond motifs is 1. The van der Waals surface area contributed by atoms with E-state index < -0.39 is 0 Å². The Hall–Kier alpha value is -3.19. The van der Waals surface area contributed by atoms with Crippen LogP contribution < -0.4 is 4.74 Å². The number of benzene rings is 2. The average molecular weight is 377 g/mol. The molecule has 0 fully saturated rings. The molecule has 28 heavy (non-hydrogen) atoms. The van der Waals surface area contributed by atoms with Crippen molar-refractivity contribution in [3.8, 4) is 28.4 Å². The van der Waals surface area contributed by atoms with E-state index in [0.29, 0.717) is 17.5 Å². The Kier molecular flexibility index (Phi) is 5.08. The molecule has 0 radical (unpaired) electrons. The Morgan fingerprint density at radius 3 is 2.75 bits per heavy atom. The van der Waals surface area contributed by atoms with Crippen molar-refractivity contribution >= 4 is 10.9 Å². The molecule has 0 aliphatic heterocycles. The predicted molar refractivity (Wildman–Crippen MR) is 108 cm³/mol. The minimum atomic E-state index is -0.0195. The molecule has 4 rings (SSSR count). The van der Waals surface area contributed by atoms with E-state index in [1.165, 1.54) is 0 Å². The summed E-state index contributed by atoms with van der Waals surface area (Å²) in [5, 5.41) is 24.9. The Morgan fingerprint density at radius 2 is 1.93 bits per heavy atom. The molecule has 0 saturated carbocycles. The maximum atomic E-state index is 8.95. The van der Waals surface area contributed by atoms with Crippen molar-refractivity contribution in [3.63, 3.8) is 0 Å². The zero-order chi connectivity index (χ0) is 19.5. The third-order valence-corrected chi connectivity index (χ3v) is 4.42. The molecule has 4 aromatic rings. The van der Waals surface area contributed by atoms with Gasteiger partial charge in [-0.3, -0.25) is 10.2 Å². The molecule has 0 atom stereocenters. The Bertz CT molecular complexity index is 1080. The molecule has 7 nitrogen and oxygen atoms in total. The van der Waals surface area contributed by atoms with Crippen LogP contribution in [0.1, 0.15) is 19.7 Å². The first-order chi connectivity index (χ1) is 13.6. The van der Waals surface area contributed by atoms with Gasteiger partial charge < -0.3 is 9.84 Å². The molecule has 0 spiro atoms. The van der Waals surface area contributed by atoms with Crippen LogP contribution in [0.4, 0.5) is 0 Å². The van der Waals surface area contributed by atoms with Crippen molar-refractivity contribution in [2.24, 2.45) is 5.92 Å². The monoisotopic (exact) mass is 377 g/mol. The van der Waals surface area contributed by atoms with Crippen LogP contribution >= 0.6 is 0 Å². The molecule has 0 saturated heterocycles. The first-order valence-corrected chi connectivity index (χ1v) is 9.38. The maximum Gasteiger partial charge on any atom is 0.181 e. The minimum absolute atomic E-state index is 0.0195. The molecule has 0 bridgehead atoms. The van der Waals surface area contributed by atoms with E-state index in [1.54, 1.807) is 0 Å². The minimum Gasteiger partial charge on any atom is -0.491 e. The van der Waals surface area contributed by atoms with Crippen LogP contribution in [-0.4, -0.2) is 43.7 Å². The van der Waals surface area contributed by atoms with Crippen molar-refractivity contribution in [2.45, 2.75) is 20.3 Å². The average Bonchev–Trinajstić information content (AvgIpc) is 3.32. The molecular formula is C21H23N5O2. The molecule has 2 heterocycles. The topological polar surface area (TPSA) is 99.7 Å². The lowest BCUT2D eigenvalue weighted by Crippen LogP contribution is -2.01. The van der Waals surface area contributed by atoms with Crippen molar-refractivity contribution in [2.75, 3.05) is 13.2 Å². The number of nitrogens with one attached hydrogen (secondary N) is 2. The van der Waals surface area contributed by atoms with Gasteiger partial charge in [0.15, 0.2) is 5.82 Å². The van der Waals surface area contributed by atoms with Gasteiger partial charge in [0.05, 0.1) is 12.1 Å². The summed E-state index contributed by atoms with van der Waals surface area (Å²) in [7, 11) is 0. The van der Waals surface area contributed by atoms with Gasteiger partial charge in [0.2, 0.25) is 0 Å². The molecule has 7 heteroatoms. The predicted octanol–water partition coefficient (Wildman–Crippen LogP) is 3.58. The summed E-state index contributed by atoms with van der Waals surface area (Å²) in [6, 6.07) is 13.7. The number of nitrogens with zero attached hydrogens (tertiary/aromatic N) is 3. The summed E-state index contributed by atoms with van der Waals surface area (Å²) >= 11 is 0. The van der Waals surface area contributed by atoms with E-state index in [2.05, 4.69) is 45.3 Å². The van der Waals surface area contributed by atoms with Gasteiger partial charge in [-0.05, 0) is 36.2 Å². The van der Waals surface area contributed by atoms with E-state index >= 15 is 0 Å². The Balaban J connectivity index is 1.70. The lowest BCUT2D eigenvalue weighted by atomic mass is 10.1. The SMILES string of the molecule is CC(C)Cc1nc(-c2ccc3[nH]nc(-c4cccc(OCCO)c4)c3c2)n[nH]1. The summed E-state index contributed by atoms with van der Waals surface area (Å²) in [5.74, 6) is 2.80. The summed E-state index contributed by atoms with van der Waals surface area (Å²) in [5.41, 5.74) is 3.66. The second kappa shape index (κ2) is 7.82. The molecule has 3 N–H and O–H groups in total. The highest BCUT2D eigenvalue weighted by Crippen LogP contribution is 2.31. The van der Waals surface area contributed by atoms with Crippen LogP contribution in [0.3, 0.4) is 0 Å². The van der Waals surface area contributed by atoms with Crippen molar-refractivity contribution in [1.29, 1.82) is 0 Å². The molecule has 0 aliphatic rings. The molecule has 144 valence electrons. The fourth-order valence-corrected chi connectivity index (χ4v) is 3.17. The lowest BCUT2D eigenvalue weighted by Gasteiger charge is -2.06. The van der Waals surface area contributed by atoms with Crippen LogP contribution in [0.5, 0.6) is 5.75 Å². The zero-order valence-electron chi connectivity index (χ0n) is 15.9. The summed E-state index contributed by atoms with van der Waals surface area (Å²) < 4.78 is 5.52. The number of ether oxygens (including phenoxy) is 1. The number of H-pyrrole nitrogens is 2. The first-order valence-electron chi connectivity index (χ1n) is 9.38. The Labute approximate surface area is 162 Å². The highest BCUT2D eigenvalue weighted by Gasteiger charge is 2.13. The van der Waals surface area contributed by atoms with Gasteiger partial charge in [0.1, 0.15) is 23.9 Å². The molecule has 0 aliphatic carbocycles. The molecule has 2 aromatic carbocycles. The smallest absolute Gasteiger partial charge is 0.181 e. The van der Waals surface area contributed by atoms with Crippen LogP contribution in [-0.2, 0) is 6.42 Å². The number of rotatable bonds is 7. The third kappa shape index (κ3) is 3.75. The lowest BCUT2D eigenvalue weighted by molar-refractivity contribution is 0.201. The van der Waals surface area contributed by atoms with Crippen molar-refractivity contribution < 1.29 is 9.84 Å². The number of aliphatic hydroxyl groups is 1. The highest BCUT2D eigenvalue weighted by molar-refractivity contribution is 5.95. The van der Waals surface area contributed by atoms with E-state index in [4.69, 9.17) is 9.84 Å². The standard InChI is InChI=1S/C21H23N5O2/c1-13(2)10-19-22-21(26-24-19)15-6-7-18-17(12-15)20(25-23-18)14-4-3-5-16(11-14)28-9-8-27/h3-7,11-13,27H,8-10H2,1-2H3,(H,23,25)(H,22,24,26). The van der Waals surface area contributed by atoms with Crippen LogP contribution in [0.2, 0.25) is 0 Å². The maximum absolute atomic E-state index is 8.95. The van der Waals surface area contributed by atoms with Gasteiger partial charge in [0, 0.05) is 22.9 Å². The third-order valence-electron chi connectivity index (χ3n) is 4.42. The fourth-order valence-electron chi connectivity index (χ4n) is 3.17. The van der Waals surface area contributed by atoms with Crippen LogP contribution in [0.25, 0.3) is 33.5 Å². The van der Waals surface area contributed by atoms with Gasteiger partial charge in [-0.25, -0.2) is 4.98 Å². The molecule has 0 unspecified atom stereocenters. The first kappa shape index (κ1) is 18.2. The second-order valence-electron chi connectivity index (χ2n) is 7.14. The molecule has 2 aromatic heterocycles. The number of aliphatic hydroxyl groups excluding tert-OH is 1. The van der Waals surface area contributed by atoms with Crippen LogP contribution in [0.15, 0.2) is 42.5 Å². The fraction of sp³-hybridized carbons (Fsp3) is 0.286. The molecule has 0 amide bonds. The van der Waals surface area contributed by atoms with E-state index in [0.717, 1.165) is 40.0 Å². The van der Waals surface area contributed by atoms with Gasteiger partial charge >= 0.3 is 0 Å². The number of hydrogen-bond donors (Lipinski definition) is 3. The van der Waals surface area contributed by atoms with Crippen molar-refractivity contribution in [1.82, 2.24) is 25.4 Å².